The van der Waals surface area contributed by atoms with Crippen molar-refractivity contribution in [2.24, 2.45) is 0 Å². The molecule has 0 N–H and O–H groups in total. The number of pyridine rings is 1. The fraction of sp³-hybridized carbons (Fsp3) is 0.500. The third-order valence-electron chi connectivity index (χ3n) is 2.68. The molecule has 2 heterocycles. The van der Waals surface area contributed by atoms with E-state index in [2.05, 4.69) is 4.98 Å². The number of hydrogen-bond donors (Lipinski definition) is 0. The van der Waals surface area contributed by atoms with E-state index in [1.54, 1.807) is 11.0 Å². The standard InChI is InChI=1S/C10H12FN3O2/c11-8-2-1-5-13(7-8)9-3-4-12-6-10(9)14(15)16/h3-4,6,8H,1-2,5,7H2/t8-/m1/s1. The number of alkyl halides is 1. The van der Waals surface area contributed by atoms with E-state index in [0.717, 1.165) is 6.42 Å². The Morgan fingerprint density at radius 3 is 3.12 bits per heavy atom. The van der Waals surface area contributed by atoms with Crippen molar-refractivity contribution in [1.29, 1.82) is 0 Å². The molecule has 5 nitrogen and oxygen atoms in total. The monoisotopic (exact) mass is 225 g/mol. The molecule has 0 aromatic carbocycles. The number of hydrogen-bond acceptors (Lipinski definition) is 4. The van der Waals surface area contributed by atoms with E-state index >= 15 is 0 Å². The first-order valence-electron chi connectivity index (χ1n) is 5.16. The molecule has 1 saturated heterocycles. The molecule has 0 bridgehead atoms. The second kappa shape index (κ2) is 4.42. The highest BCUT2D eigenvalue weighted by Crippen LogP contribution is 2.29. The van der Waals surface area contributed by atoms with E-state index in [4.69, 9.17) is 0 Å². The molecule has 0 spiro atoms. The zero-order valence-electron chi connectivity index (χ0n) is 8.67. The van der Waals surface area contributed by atoms with Crippen molar-refractivity contribution in [3.63, 3.8) is 0 Å². The molecule has 0 saturated carbocycles. The number of nitrogens with zero attached hydrogens (tertiary/aromatic N) is 3. The van der Waals surface area contributed by atoms with Gasteiger partial charge in [-0.2, -0.15) is 0 Å². The van der Waals surface area contributed by atoms with Gasteiger partial charge in [-0.1, -0.05) is 0 Å². The van der Waals surface area contributed by atoms with Gasteiger partial charge >= 0.3 is 5.69 Å². The van der Waals surface area contributed by atoms with Gasteiger partial charge in [-0.15, -0.1) is 0 Å². The molecule has 16 heavy (non-hydrogen) atoms. The molecule has 1 aliphatic heterocycles. The molecular weight excluding hydrogens is 213 g/mol. The molecular formula is C10H12FN3O2. The lowest BCUT2D eigenvalue weighted by Gasteiger charge is -2.30. The highest BCUT2D eigenvalue weighted by atomic mass is 19.1. The summed E-state index contributed by atoms with van der Waals surface area (Å²) in [5.74, 6) is 0. The van der Waals surface area contributed by atoms with Crippen molar-refractivity contribution in [3.8, 4) is 0 Å². The minimum absolute atomic E-state index is 0.0587. The number of halogens is 1. The fourth-order valence-electron chi connectivity index (χ4n) is 1.93. The molecule has 2 rings (SSSR count). The molecule has 1 aliphatic rings. The van der Waals surface area contributed by atoms with Crippen LogP contribution in [0.25, 0.3) is 0 Å². The summed E-state index contributed by atoms with van der Waals surface area (Å²) in [5, 5.41) is 10.8. The Bertz CT molecular complexity index is 399. The van der Waals surface area contributed by atoms with Gasteiger partial charge in [-0.05, 0) is 18.9 Å². The number of nitro groups is 1. The summed E-state index contributed by atoms with van der Waals surface area (Å²) in [7, 11) is 0. The van der Waals surface area contributed by atoms with Crippen LogP contribution in [-0.4, -0.2) is 29.2 Å². The second-order valence-corrected chi connectivity index (χ2v) is 3.81. The van der Waals surface area contributed by atoms with Crippen molar-refractivity contribution >= 4 is 11.4 Å². The summed E-state index contributed by atoms with van der Waals surface area (Å²) in [5.41, 5.74) is 0.402. The Morgan fingerprint density at radius 1 is 1.62 bits per heavy atom. The number of rotatable bonds is 2. The molecule has 0 unspecified atom stereocenters. The van der Waals surface area contributed by atoms with Gasteiger partial charge in [0.25, 0.3) is 0 Å². The van der Waals surface area contributed by atoms with E-state index in [1.165, 1.54) is 12.4 Å². The van der Waals surface area contributed by atoms with Gasteiger partial charge in [0, 0.05) is 19.3 Å². The van der Waals surface area contributed by atoms with Crippen LogP contribution in [0.4, 0.5) is 15.8 Å². The molecule has 0 radical (unpaired) electrons. The average molecular weight is 225 g/mol. The highest BCUT2D eigenvalue weighted by Gasteiger charge is 2.24. The second-order valence-electron chi connectivity index (χ2n) is 3.81. The highest BCUT2D eigenvalue weighted by molar-refractivity contribution is 5.61. The largest absolute Gasteiger partial charge is 0.363 e. The summed E-state index contributed by atoms with van der Waals surface area (Å²) in [4.78, 5) is 15.7. The van der Waals surface area contributed by atoms with Crippen LogP contribution in [-0.2, 0) is 0 Å². The summed E-state index contributed by atoms with van der Waals surface area (Å²) in [6.07, 6.45) is 3.05. The average Bonchev–Trinajstić information content (AvgIpc) is 2.29. The Balaban J connectivity index is 2.28. The maximum Gasteiger partial charge on any atom is 0.310 e. The van der Waals surface area contributed by atoms with E-state index in [1.807, 2.05) is 0 Å². The van der Waals surface area contributed by atoms with Crippen LogP contribution in [0.3, 0.4) is 0 Å². The molecule has 1 atom stereocenters. The van der Waals surface area contributed by atoms with Crippen molar-refractivity contribution in [2.45, 2.75) is 19.0 Å². The summed E-state index contributed by atoms with van der Waals surface area (Å²) < 4.78 is 13.2. The van der Waals surface area contributed by atoms with Crippen LogP contribution in [0.5, 0.6) is 0 Å². The normalized spacial score (nSPS) is 20.8. The third-order valence-corrected chi connectivity index (χ3v) is 2.68. The third kappa shape index (κ3) is 2.10. The van der Waals surface area contributed by atoms with Gasteiger partial charge in [0.1, 0.15) is 18.1 Å². The van der Waals surface area contributed by atoms with Gasteiger partial charge in [0.05, 0.1) is 4.92 Å². The number of anilines is 1. The van der Waals surface area contributed by atoms with Crippen LogP contribution in [0.1, 0.15) is 12.8 Å². The van der Waals surface area contributed by atoms with E-state index in [-0.39, 0.29) is 12.2 Å². The first-order valence-corrected chi connectivity index (χ1v) is 5.16. The Morgan fingerprint density at radius 2 is 2.44 bits per heavy atom. The minimum atomic E-state index is -0.901. The molecule has 1 fully saturated rings. The van der Waals surface area contributed by atoms with Gasteiger partial charge in [0.15, 0.2) is 0 Å². The van der Waals surface area contributed by atoms with E-state index in [9.17, 15) is 14.5 Å². The first-order chi connectivity index (χ1) is 7.68. The summed E-state index contributed by atoms with van der Waals surface area (Å²) in [6.45, 7) is 0.885. The molecule has 1 aromatic heterocycles. The van der Waals surface area contributed by atoms with E-state index in [0.29, 0.717) is 18.7 Å². The van der Waals surface area contributed by atoms with Crippen molar-refractivity contribution < 1.29 is 9.31 Å². The van der Waals surface area contributed by atoms with Gasteiger partial charge in [0.2, 0.25) is 0 Å². The lowest BCUT2D eigenvalue weighted by Crippen LogP contribution is -2.36. The van der Waals surface area contributed by atoms with Gasteiger partial charge in [-0.3, -0.25) is 15.1 Å². The molecule has 1 aromatic rings. The topological polar surface area (TPSA) is 59.3 Å². The Hall–Kier alpha value is -1.72. The van der Waals surface area contributed by atoms with Gasteiger partial charge < -0.3 is 4.90 Å². The lowest BCUT2D eigenvalue weighted by atomic mass is 10.1. The number of piperidine rings is 1. The molecule has 6 heteroatoms. The summed E-state index contributed by atoms with van der Waals surface area (Å²) in [6, 6.07) is 1.57. The lowest BCUT2D eigenvalue weighted by molar-refractivity contribution is -0.384. The van der Waals surface area contributed by atoms with Gasteiger partial charge in [-0.25, -0.2) is 4.39 Å². The van der Waals surface area contributed by atoms with E-state index < -0.39 is 11.1 Å². The first kappa shape index (κ1) is 10.8. The predicted molar refractivity (Wildman–Crippen MR) is 57.2 cm³/mol. The molecule has 0 amide bonds. The zero-order chi connectivity index (χ0) is 11.5. The fourth-order valence-corrected chi connectivity index (χ4v) is 1.93. The van der Waals surface area contributed by atoms with Crippen molar-refractivity contribution in [3.05, 3.63) is 28.6 Å². The van der Waals surface area contributed by atoms with Crippen LogP contribution in [0.2, 0.25) is 0 Å². The summed E-state index contributed by atoms with van der Waals surface area (Å²) >= 11 is 0. The molecule has 0 aliphatic carbocycles. The van der Waals surface area contributed by atoms with Crippen LogP contribution in [0.15, 0.2) is 18.5 Å². The Kier molecular flexibility index (Phi) is 2.98. The predicted octanol–water partition coefficient (Wildman–Crippen LogP) is 1.93. The smallest absolute Gasteiger partial charge is 0.310 e. The van der Waals surface area contributed by atoms with Crippen molar-refractivity contribution in [2.75, 3.05) is 18.0 Å². The van der Waals surface area contributed by atoms with Crippen LogP contribution >= 0.6 is 0 Å². The van der Waals surface area contributed by atoms with Crippen LogP contribution < -0.4 is 4.90 Å². The maximum absolute atomic E-state index is 13.2. The maximum atomic E-state index is 13.2. The van der Waals surface area contributed by atoms with Crippen molar-refractivity contribution in [1.82, 2.24) is 4.98 Å². The minimum Gasteiger partial charge on any atom is -0.363 e. The molecule has 86 valence electrons. The van der Waals surface area contributed by atoms with Crippen LogP contribution in [0, 0.1) is 10.1 Å². The Labute approximate surface area is 92.0 Å². The number of aromatic nitrogens is 1. The SMILES string of the molecule is O=[N+]([O-])c1cnccc1N1CCC[C@@H](F)C1. The zero-order valence-corrected chi connectivity index (χ0v) is 8.67. The quantitative estimate of drug-likeness (QED) is 0.570.